The quantitative estimate of drug-likeness (QED) is 0.719. The van der Waals surface area contributed by atoms with Crippen molar-refractivity contribution < 1.29 is 24.2 Å². The highest BCUT2D eigenvalue weighted by atomic mass is 32.2. The molecule has 0 fully saturated rings. The molecule has 1 rings (SSSR count). The summed E-state index contributed by atoms with van der Waals surface area (Å²) in [6, 6.07) is 5.97. The number of carboxylic acids is 1. The van der Waals surface area contributed by atoms with Crippen LogP contribution in [-0.4, -0.2) is 48.2 Å². The Morgan fingerprint density at radius 1 is 1.36 bits per heavy atom. The number of carbonyl (C=O) groups is 2. The van der Waals surface area contributed by atoms with Crippen LogP contribution in [-0.2, 0) is 9.59 Å². The summed E-state index contributed by atoms with van der Waals surface area (Å²) >= 11 is 1.53. The highest BCUT2D eigenvalue weighted by Gasteiger charge is 2.23. The molecule has 2 atom stereocenters. The molecule has 0 aliphatic carbocycles. The Balaban J connectivity index is 2.61. The van der Waals surface area contributed by atoms with E-state index < -0.39 is 24.0 Å². The minimum absolute atomic E-state index is 0.369. The van der Waals surface area contributed by atoms with Crippen LogP contribution in [0.5, 0.6) is 11.5 Å². The summed E-state index contributed by atoms with van der Waals surface area (Å²) in [5.41, 5.74) is 0. The number of nitrogens with one attached hydrogen (secondary N) is 1. The second-order valence-corrected chi connectivity index (χ2v) is 5.61. The number of methoxy groups -OCH3 is 1. The average Bonchev–Trinajstić information content (AvgIpc) is 2.50. The normalized spacial score (nSPS) is 13.0. The zero-order valence-corrected chi connectivity index (χ0v) is 13.7. The minimum Gasteiger partial charge on any atom is -0.497 e. The highest BCUT2D eigenvalue weighted by Crippen LogP contribution is 2.20. The van der Waals surface area contributed by atoms with Gasteiger partial charge in [0.2, 0.25) is 0 Å². The lowest BCUT2D eigenvalue weighted by Gasteiger charge is -2.19. The molecule has 6 nitrogen and oxygen atoms in total. The molecular weight excluding hydrogens is 306 g/mol. The Hall–Kier alpha value is -1.89. The van der Waals surface area contributed by atoms with Crippen molar-refractivity contribution in [1.82, 2.24) is 5.32 Å². The van der Waals surface area contributed by atoms with Crippen molar-refractivity contribution in [2.75, 3.05) is 19.1 Å². The summed E-state index contributed by atoms with van der Waals surface area (Å²) in [6.45, 7) is 1.57. The first-order chi connectivity index (χ1) is 10.5. The number of benzene rings is 1. The molecule has 1 amide bonds. The van der Waals surface area contributed by atoms with Crippen molar-refractivity contribution >= 4 is 23.6 Å². The molecule has 22 heavy (non-hydrogen) atoms. The maximum Gasteiger partial charge on any atom is 0.326 e. The number of carboxylic acid groups (broad SMARTS) is 1. The topological polar surface area (TPSA) is 84.9 Å². The van der Waals surface area contributed by atoms with Gasteiger partial charge in [0, 0.05) is 6.07 Å². The molecule has 0 saturated heterocycles. The lowest BCUT2D eigenvalue weighted by molar-refractivity contribution is -0.142. The third kappa shape index (κ3) is 5.85. The van der Waals surface area contributed by atoms with Crippen LogP contribution in [0.25, 0.3) is 0 Å². The van der Waals surface area contributed by atoms with Gasteiger partial charge in [-0.3, -0.25) is 4.79 Å². The largest absolute Gasteiger partial charge is 0.497 e. The molecule has 0 aliphatic heterocycles. The van der Waals surface area contributed by atoms with E-state index in [4.69, 9.17) is 14.6 Å². The standard InChI is InChI=1S/C15H21NO5S/c1-10(21-12-6-4-5-11(9-12)20-2)14(17)16-13(15(18)19)7-8-22-3/h4-6,9-10,13H,7-8H2,1-3H3,(H,16,17)(H,18,19). The van der Waals surface area contributed by atoms with E-state index in [9.17, 15) is 9.59 Å². The number of thioether (sulfide) groups is 1. The fourth-order valence-electron chi connectivity index (χ4n) is 1.71. The predicted molar refractivity (Wildman–Crippen MR) is 85.6 cm³/mol. The van der Waals surface area contributed by atoms with Gasteiger partial charge in [-0.25, -0.2) is 4.79 Å². The van der Waals surface area contributed by atoms with Crippen LogP contribution in [0.4, 0.5) is 0 Å². The summed E-state index contributed by atoms with van der Waals surface area (Å²) in [7, 11) is 1.54. The predicted octanol–water partition coefficient (Wildman–Crippen LogP) is 1.78. The van der Waals surface area contributed by atoms with Crippen molar-refractivity contribution in [1.29, 1.82) is 0 Å². The Morgan fingerprint density at radius 3 is 2.64 bits per heavy atom. The van der Waals surface area contributed by atoms with E-state index >= 15 is 0 Å². The molecule has 2 N–H and O–H groups in total. The van der Waals surface area contributed by atoms with Crippen LogP contribution in [0.1, 0.15) is 13.3 Å². The number of aliphatic carboxylic acids is 1. The molecule has 7 heteroatoms. The molecule has 0 bridgehead atoms. The molecule has 0 aliphatic rings. The van der Waals surface area contributed by atoms with Crippen molar-refractivity contribution in [2.24, 2.45) is 0 Å². The summed E-state index contributed by atoms with van der Waals surface area (Å²) in [4.78, 5) is 23.2. The summed E-state index contributed by atoms with van der Waals surface area (Å²) < 4.78 is 10.6. The molecule has 0 saturated carbocycles. The van der Waals surface area contributed by atoms with Gasteiger partial charge in [-0.2, -0.15) is 11.8 Å². The van der Waals surface area contributed by atoms with Crippen LogP contribution >= 0.6 is 11.8 Å². The molecule has 0 heterocycles. The number of rotatable bonds is 9. The Labute approximate surface area is 134 Å². The van der Waals surface area contributed by atoms with Gasteiger partial charge < -0.3 is 19.9 Å². The van der Waals surface area contributed by atoms with Crippen LogP contribution < -0.4 is 14.8 Å². The van der Waals surface area contributed by atoms with Gasteiger partial charge in [-0.05, 0) is 37.5 Å². The lowest BCUT2D eigenvalue weighted by Crippen LogP contribution is -2.46. The van der Waals surface area contributed by atoms with Crippen molar-refractivity contribution in [2.45, 2.75) is 25.5 Å². The first kappa shape index (κ1) is 18.2. The zero-order valence-electron chi connectivity index (χ0n) is 12.9. The fourth-order valence-corrected chi connectivity index (χ4v) is 2.19. The van der Waals surface area contributed by atoms with Crippen LogP contribution in [0.3, 0.4) is 0 Å². The molecule has 1 aromatic carbocycles. The summed E-state index contributed by atoms with van der Waals surface area (Å²) in [5, 5.41) is 11.6. The Morgan fingerprint density at radius 2 is 2.05 bits per heavy atom. The fraction of sp³-hybridized carbons (Fsp3) is 0.467. The summed E-state index contributed by atoms with van der Waals surface area (Å²) in [5.74, 6) is 0.251. The number of ether oxygens (including phenoxy) is 2. The van der Waals surface area contributed by atoms with E-state index in [2.05, 4.69) is 5.32 Å². The van der Waals surface area contributed by atoms with Crippen molar-refractivity contribution in [3.63, 3.8) is 0 Å². The maximum absolute atomic E-state index is 12.0. The third-order valence-corrected chi connectivity index (χ3v) is 3.59. The van der Waals surface area contributed by atoms with E-state index in [-0.39, 0.29) is 0 Å². The van der Waals surface area contributed by atoms with Crippen LogP contribution in [0, 0.1) is 0 Å². The van der Waals surface area contributed by atoms with E-state index in [0.29, 0.717) is 23.7 Å². The molecule has 0 spiro atoms. The van der Waals surface area contributed by atoms with E-state index in [1.807, 2.05) is 6.26 Å². The molecule has 1 aromatic rings. The molecule has 0 radical (unpaired) electrons. The first-order valence-corrected chi connectivity index (χ1v) is 8.20. The molecule has 0 aromatic heterocycles. The zero-order chi connectivity index (χ0) is 16.5. The SMILES string of the molecule is COc1cccc(OC(C)C(=O)NC(CCSC)C(=O)O)c1. The summed E-state index contributed by atoms with van der Waals surface area (Å²) in [6.07, 6.45) is 1.45. The van der Waals surface area contributed by atoms with Gasteiger partial charge in [0.05, 0.1) is 7.11 Å². The van der Waals surface area contributed by atoms with E-state index in [1.165, 1.54) is 11.8 Å². The van der Waals surface area contributed by atoms with Gasteiger partial charge in [0.15, 0.2) is 6.10 Å². The highest BCUT2D eigenvalue weighted by molar-refractivity contribution is 7.98. The first-order valence-electron chi connectivity index (χ1n) is 6.80. The van der Waals surface area contributed by atoms with Crippen LogP contribution in [0.15, 0.2) is 24.3 Å². The van der Waals surface area contributed by atoms with Gasteiger partial charge in [-0.1, -0.05) is 6.07 Å². The van der Waals surface area contributed by atoms with E-state index in [0.717, 1.165) is 0 Å². The Bertz CT molecular complexity index is 508. The smallest absolute Gasteiger partial charge is 0.326 e. The molecule has 2 unspecified atom stereocenters. The maximum atomic E-state index is 12.0. The second-order valence-electron chi connectivity index (χ2n) is 4.62. The molecular formula is C15H21NO5S. The monoisotopic (exact) mass is 327 g/mol. The van der Waals surface area contributed by atoms with Gasteiger partial charge in [0.25, 0.3) is 5.91 Å². The average molecular weight is 327 g/mol. The number of hydrogen-bond acceptors (Lipinski definition) is 5. The number of hydrogen-bond donors (Lipinski definition) is 2. The van der Waals surface area contributed by atoms with Gasteiger partial charge in [-0.15, -0.1) is 0 Å². The van der Waals surface area contributed by atoms with Crippen molar-refractivity contribution in [3.05, 3.63) is 24.3 Å². The van der Waals surface area contributed by atoms with Crippen LogP contribution in [0.2, 0.25) is 0 Å². The van der Waals surface area contributed by atoms with E-state index in [1.54, 1.807) is 38.3 Å². The van der Waals surface area contributed by atoms with Gasteiger partial charge in [0.1, 0.15) is 17.5 Å². The van der Waals surface area contributed by atoms with Gasteiger partial charge >= 0.3 is 5.97 Å². The third-order valence-electron chi connectivity index (χ3n) is 2.95. The lowest BCUT2D eigenvalue weighted by atomic mass is 10.2. The Kier molecular flexibility index (Phi) is 7.59. The second kappa shape index (κ2) is 9.19. The number of amides is 1. The minimum atomic E-state index is -1.05. The van der Waals surface area contributed by atoms with Crippen molar-refractivity contribution in [3.8, 4) is 11.5 Å². The molecule has 122 valence electrons. The number of carbonyl (C=O) groups excluding carboxylic acids is 1.